The maximum absolute atomic E-state index is 4.86. The number of benzene rings is 1. The van der Waals surface area contributed by atoms with Gasteiger partial charge in [0, 0.05) is 11.5 Å². The zero-order valence-corrected chi connectivity index (χ0v) is 13.3. The number of piperidine rings is 1. The van der Waals surface area contributed by atoms with Gasteiger partial charge in [-0.1, -0.05) is 29.8 Å². The van der Waals surface area contributed by atoms with Crippen LogP contribution in [-0.2, 0) is 7.05 Å². The van der Waals surface area contributed by atoms with Crippen molar-refractivity contribution in [3.63, 3.8) is 0 Å². The SMILES string of the molecule is Cn1c(C2NCCCC2(C)C)nc2cc(Br)ccc21. The Morgan fingerprint density at radius 3 is 2.95 bits per heavy atom. The molecule has 1 saturated heterocycles. The Labute approximate surface area is 122 Å². The molecule has 0 bridgehead atoms. The van der Waals surface area contributed by atoms with Gasteiger partial charge in [0.2, 0.25) is 0 Å². The molecule has 1 fully saturated rings. The van der Waals surface area contributed by atoms with E-state index >= 15 is 0 Å². The van der Waals surface area contributed by atoms with Crippen LogP contribution >= 0.6 is 15.9 Å². The molecule has 1 atom stereocenters. The average Bonchev–Trinajstić information content (AvgIpc) is 2.65. The summed E-state index contributed by atoms with van der Waals surface area (Å²) in [4.78, 5) is 4.86. The van der Waals surface area contributed by atoms with Crippen molar-refractivity contribution in [3.8, 4) is 0 Å². The number of rotatable bonds is 1. The summed E-state index contributed by atoms with van der Waals surface area (Å²) in [6.45, 7) is 5.75. The quantitative estimate of drug-likeness (QED) is 0.866. The summed E-state index contributed by atoms with van der Waals surface area (Å²) in [7, 11) is 2.12. The van der Waals surface area contributed by atoms with Crippen molar-refractivity contribution in [2.75, 3.05) is 6.54 Å². The molecule has 4 heteroatoms. The molecule has 102 valence electrons. The lowest BCUT2D eigenvalue weighted by Crippen LogP contribution is -2.41. The van der Waals surface area contributed by atoms with Gasteiger partial charge in [-0.15, -0.1) is 0 Å². The van der Waals surface area contributed by atoms with E-state index in [2.05, 4.69) is 64.9 Å². The van der Waals surface area contributed by atoms with Crippen LogP contribution in [0.25, 0.3) is 11.0 Å². The molecular weight excluding hydrogens is 302 g/mol. The van der Waals surface area contributed by atoms with Crippen LogP contribution in [-0.4, -0.2) is 16.1 Å². The summed E-state index contributed by atoms with van der Waals surface area (Å²) in [6, 6.07) is 6.63. The molecule has 1 aliphatic heterocycles. The largest absolute Gasteiger partial charge is 0.330 e. The Kier molecular flexibility index (Phi) is 3.18. The Morgan fingerprint density at radius 1 is 1.42 bits per heavy atom. The Hall–Kier alpha value is -0.870. The van der Waals surface area contributed by atoms with E-state index < -0.39 is 0 Å². The van der Waals surface area contributed by atoms with Crippen LogP contribution in [0.5, 0.6) is 0 Å². The van der Waals surface area contributed by atoms with Gasteiger partial charge in [0.25, 0.3) is 0 Å². The minimum atomic E-state index is 0.255. The maximum atomic E-state index is 4.86. The lowest BCUT2D eigenvalue weighted by molar-refractivity contribution is 0.172. The fourth-order valence-corrected chi connectivity index (χ4v) is 3.45. The van der Waals surface area contributed by atoms with Crippen molar-refractivity contribution in [1.82, 2.24) is 14.9 Å². The fraction of sp³-hybridized carbons (Fsp3) is 0.533. The summed E-state index contributed by atoms with van der Waals surface area (Å²) in [5.41, 5.74) is 2.52. The molecular formula is C15H20BrN3. The summed E-state index contributed by atoms with van der Waals surface area (Å²) in [6.07, 6.45) is 2.50. The van der Waals surface area contributed by atoms with E-state index in [1.165, 1.54) is 18.4 Å². The normalized spacial score (nSPS) is 22.8. The third-order valence-corrected chi connectivity index (χ3v) is 4.76. The van der Waals surface area contributed by atoms with Gasteiger partial charge in [0.1, 0.15) is 5.82 Å². The number of fused-ring (bicyclic) bond motifs is 1. The predicted octanol–water partition coefficient (Wildman–Crippen LogP) is 3.79. The number of nitrogens with one attached hydrogen (secondary N) is 1. The highest BCUT2D eigenvalue weighted by Crippen LogP contribution is 2.40. The third kappa shape index (κ3) is 2.21. The maximum Gasteiger partial charge on any atom is 0.127 e. The van der Waals surface area contributed by atoms with E-state index in [9.17, 15) is 0 Å². The average molecular weight is 322 g/mol. The summed E-state index contributed by atoms with van der Waals surface area (Å²) in [5.74, 6) is 1.15. The van der Waals surface area contributed by atoms with Crippen LogP contribution in [0.15, 0.2) is 22.7 Å². The first-order valence-corrected chi connectivity index (χ1v) is 7.63. The first-order chi connectivity index (χ1) is 8.99. The molecule has 1 unspecified atom stereocenters. The van der Waals surface area contributed by atoms with Gasteiger partial charge >= 0.3 is 0 Å². The van der Waals surface area contributed by atoms with Crippen molar-refractivity contribution >= 4 is 27.0 Å². The van der Waals surface area contributed by atoms with Crippen LogP contribution in [0.4, 0.5) is 0 Å². The zero-order chi connectivity index (χ0) is 13.6. The molecule has 1 N–H and O–H groups in total. The van der Waals surface area contributed by atoms with Gasteiger partial charge in [0.05, 0.1) is 17.1 Å². The van der Waals surface area contributed by atoms with E-state index in [1.807, 2.05) is 0 Å². The van der Waals surface area contributed by atoms with E-state index in [0.717, 1.165) is 22.4 Å². The Balaban J connectivity index is 2.12. The van der Waals surface area contributed by atoms with Crippen LogP contribution in [0.3, 0.4) is 0 Å². The highest BCUT2D eigenvalue weighted by Gasteiger charge is 2.36. The number of hydrogen-bond donors (Lipinski definition) is 1. The summed E-state index contributed by atoms with van der Waals surface area (Å²) < 4.78 is 3.31. The van der Waals surface area contributed by atoms with Gasteiger partial charge in [-0.25, -0.2) is 4.98 Å². The van der Waals surface area contributed by atoms with Crippen molar-refractivity contribution in [1.29, 1.82) is 0 Å². The van der Waals surface area contributed by atoms with E-state index in [4.69, 9.17) is 4.98 Å². The lowest BCUT2D eigenvalue weighted by atomic mass is 9.77. The summed E-state index contributed by atoms with van der Waals surface area (Å²) >= 11 is 3.52. The molecule has 0 spiro atoms. The molecule has 0 saturated carbocycles. The van der Waals surface area contributed by atoms with Gasteiger partial charge < -0.3 is 9.88 Å². The molecule has 19 heavy (non-hydrogen) atoms. The number of hydrogen-bond acceptors (Lipinski definition) is 2. The van der Waals surface area contributed by atoms with E-state index in [1.54, 1.807) is 0 Å². The number of halogens is 1. The molecule has 0 aliphatic carbocycles. The number of aromatic nitrogens is 2. The first kappa shape index (κ1) is 13.1. The Morgan fingerprint density at radius 2 is 2.21 bits per heavy atom. The molecule has 1 aromatic heterocycles. The number of imidazole rings is 1. The zero-order valence-electron chi connectivity index (χ0n) is 11.7. The predicted molar refractivity (Wildman–Crippen MR) is 82.2 cm³/mol. The molecule has 3 nitrogen and oxygen atoms in total. The molecule has 1 aliphatic rings. The van der Waals surface area contributed by atoms with E-state index in [0.29, 0.717) is 6.04 Å². The van der Waals surface area contributed by atoms with Crippen molar-refractivity contribution in [3.05, 3.63) is 28.5 Å². The minimum Gasteiger partial charge on any atom is -0.330 e. The molecule has 0 amide bonds. The lowest BCUT2D eigenvalue weighted by Gasteiger charge is -2.38. The second-order valence-corrected chi connectivity index (χ2v) is 7.06. The van der Waals surface area contributed by atoms with Crippen molar-refractivity contribution < 1.29 is 0 Å². The second-order valence-electron chi connectivity index (χ2n) is 6.14. The third-order valence-electron chi connectivity index (χ3n) is 4.26. The summed E-state index contributed by atoms with van der Waals surface area (Å²) in [5, 5.41) is 3.65. The highest BCUT2D eigenvalue weighted by atomic mass is 79.9. The van der Waals surface area contributed by atoms with E-state index in [-0.39, 0.29) is 5.41 Å². The molecule has 2 heterocycles. The minimum absolute atomic E-state index is 0.255. The first-order valence-electron chi connectivity index (χ1n) is 6.84. The number of aryl methyl sites for hydroxylation is 1. The van der Waals surface area contributed by atoms with Gasteiger partial charge in [-0.05, 0) is 43.0 Å². The molecule has 3 rings (SSSR count). The molecule has 2 aromatic rings. The molecule has 1 aromatic carbocycles. The van der Waals surface area contributed by atoms with Crippen LogP contribution in [0.2, 0.25) is 0 Å². The molecule has 0 radical (unpaired) electrons. The fourth-order valence-electron chi connectivity index (χ4n) is 3.10. The van der Waals surface area contributed by atoms with Gasteiger partial charge in [0.15, 0.2) is 0 Å². The van der Waals surface area contributed by atoms with Crippen LogP contribution < -0.4 is 5.32 Å². The topological polar surface area (TPSA) is 29.9 Å². The Bertz CT molecular complexity index is 615. The van der Waals surface area contributed by atoms with Gasteiger partial charge in [-0.3, -0.25) is 0 Å². The van der Waals surface area contributed by atoms with Crippen molar-refractivity contribution in [2.24, 2.45) is 12.5 Å². The monoisotopic (exact) mass is 321 g/mol. The van der Waals surface area contributed by atoms with Crippen LogP contribution in [0, 0.1) is 5.41 Å². The van der Waals surface area contributed by atoms with Gasteiger partial charge in [-0.2, -0.15) is 0 Å². The smallest absolute Gasteiger partial charge is 0.127 e. The second kappa shape index (κ2) is 4.60. The van der Waals surface area contributed by atoms with Crippen LogP contribution in [0.1, 0.15) is 38.6 Å². The standard InChI is InChI=1S/C15H20BrN3/c1-15(2)7-4-8-17-13(15)14-18-11-9-10(16)5-6-12(11)19(14)3/h5-6,9,13,17H,4,7-8H2,1-3H3. The number of nitrogens with zero attached hydrogens (tertiary/aromatic N) is 2. The highest BCUT2D eigenvalue weighted by molar-refractivity contribution is 9.10. The van der Waals surface area contributed by atoms with Crippen molar-refractivity contribution in [2.45, 2.75) is 32.7 Å².